The van der Waals surface area contributed by atoms with Crippen molar-refractivity contribution in [3.8, 4) is 5.75 Å². The number of aliphatic hydroxyl groups is 1. The van der Waals surface area contributed by atoms with Gasteiger partial charge in [0.25, 0.3) is 0 Å². The molecular formula is C11H17NO2. The van der Waals surface area contributed by atoms with Crippen LogP contribution in [0.25, 0.3) is 0 Å². The third-order valence-corrected chi connectivity index (χ3v) is 1.99. The van der Waals surface area contributed by atoms with E-state index in [0.29, 0.717) is 19.6 Å². The fourth-order valence-electron chi connectivity index (χ4n) is 1.30. The minimum Gasteiger partial charge on any atom is -0.494 e. The summed E-state index contributed by atoms with van der Waals surface area (Å²) in [6.07, 6.45) is 0.0932. The van der Waals surface area contributed by atoms with Gasteiger partial charge in [0, 0.05) is 0 Å². The molecule has 0 radical (unpaired) electrons. The molecule has 0 aliphatic carbocycles. The maximum atomic E-state index is 9.68. The zero-order valence-corrected chi connectivity index (χ0v) is 8.44. The molecule has 0 amide bonds. The molecule has 0 aliphatic heterocycles. The molecule has 3 N–H and O–H groups in total. The van der Waals surface area contributed by atoms with E-state index < -0.39 is 6.10 Å². The Morgan fingerprint density at radius 3 is 2.93 bits per heavy atom. The van der Waals surface area contributed by atoms with Crippen molar-refractivity contribution >= 4 is 0 Å². The molecule has 0 aromatic heterocycles. The lowest BCUT2D eigenvalue weighted by molar-refractivity contribution is 0.170. The summed E-state index contributed by atoms with van der Waals surface area (Å²) < 4.78 is 5.33. The van der Waals surface area contributed by atoms with Gasteiger partial charge in [0.2, 0.25) is 0 Å². The topological polar surface area (TPSA) is 55.5 Å². The Morgan fingerprint density at radius 2 is 2.29 bits per heavy atom. The zero-order valence-electron chi connectivity index (χ0n) is 8.44. The van der Waals surface area contributed by atoms with E-state index in [1.165, 1.54) is 0 Å². The van der Waals surface area contributed by atoms with Crippen molar-refractivity contribution in [2.24, 2.45) is 5.73 Å². The van der Waals surface area contributed by atoms with Crippen LogP contribution in [0.5, 0.6) is 5.75 Å². The smallest absolute Gasteiger partial charge is 0.119 e. The first kappa shape index (κ1) is 11.0. The summed E-state index contributed by atoms with van der Waals surface area (Å²) in [6.45, 7) is 3.06. The summed E-state index contributed by atoms with van der Waals surface area (Å²) in [7, 11) is 0. The van der Waals surface area contributed by atoms with Crippen LogP contribution in [0.1, 0.15) is 25.0 Å². The summed E-state index contributed by atoms with van der Waals surface area (Å²) in [6, 6.07) is 7.48. The number of ether oxygens (including phenoxy) is 1. The molecule has 0 bridgehead atoms. The second-order valence-electron chi connectivity index (χ2n) is 3.10. The zero-order chi connectivity index (χ0) is 10.4. The molecule has 1 aromatic rings. The highest BCUT2D eigenvalue weighted by Crippen LogP contribution is 2.20. The molecule has 78 valence electrons. The molecule has 0 fully saturated rings. The average molecular weight is 195 g/mol. The maximum absolute atomic E-state index is 9.68. The lowest BCUT2D eigenvalue weighted by Crippen LogP contribution is -2.06. The highest BCUT2D eigenvalue weighted by molar-refractivity contribution is 5.29. The van der Waals surface area contributed by atoms with Gasteiger partial charge in [0.1, 0.15) is 5.75 Å². The summed E-state index contributed by atoms with van der Waals surface area (Å²) in [5.41, 5.74) is 6.23. The van der Waals surface area contributed by atoms with Gasteiger partial charge in [-0.05, 0) is 37.6 Å². The molecule has 1 aromatic carbocycles. The highest BCUT2D eigenvalue weighted by atomic mass is 16.5. The predicted octanol–water partition coefficient (Wildman–Crippen LogP) is 1.47. The van der Waals surface area contributed by atoms with Crippen molar-refractivity contribution in [3.63, 3.8) is 0 Å². The van der Waals surface area contributed by atoms with E-state index in [2.05, 4.69) is 0 Å². The van der Waals surface area contributed by atoms with Gasteiger partial charge in [-0.25, -0.2) is 0 Å². The SMILES string of the molecule is CCOc1cccc([C@@H](O)CCN)c1. The Bertz CT molecular complexity index is 276. The van der Waals surface area contributed by atoms with Gasteiger partial charge in [-0.1, -0.05) is 12.1 Å². The van der Waals surface area contributed by atoms with Gasteiger partial charge in [0.05, 0.1) is 12.7 Å². The van der Waals surface area contributed by atoms with Crippen LogP contribution < -0.4 is 10.5 Å². The molecular weight excluding hydrogens is 178 g/mol. The first-order valence-corrected chi connectivity index (χ1v) is 4.88. The van der Waals surface area contributed by atoms with E-state index in [-0.39, 0.29) is 0 Å². The average Bonchev–Trinajstić information content (AvgIpc) is 2.19. The third kappa shape index (κ3) is 3.01. The molecule has 0 saturated heterocycles. The minimum absolute atomic E-state index is 0.486. The maximum Gasteiger partial charge on any atom is 0.119 e. The first-order chi connectivity index (χ1) is 6.77. The van der Waals surface area contributed by atoms with E-state index in [0.717, 1.165) is 11.3 Å². The van der Waals surface area contributed by atoms with Gasteiger partial charge in [-0.15, -0.1) is 0 Å². The van der Waals surface area contributed by atoms with Gasteiger partial charge < -0.3 is 15.6 Å². The highest BCUT2D eigenvalue weighted by Gasteiger charge is 2.06. The van der Waals surface area contributed by atoms with Gasteiger partial charge >= 0.3 is 0 Å². The number of benzene rings is 1. The van der Waals surface area contributed by atoms with Gasteiger partial charge in [-0.2, -0.15) is 0 Å². The monoisotopic (exact) mass is 195 g/mol. The second kappa shape index (κ2) is 5.62. The lowest BCUT2D eigenvalue weighted by atomic mass is 10.1. The van der Waals surface area contributed by atoms with Crippen LogP contribution in [-0.4, -0.2) is 18.3 Å². The first-order valence-electron chi connectivity index (χ1n) is 4.88. The van der Waals surface area contributed by atoms with Gasteiger partial charge in [0.15, 0.2) is 0 Å². The van der Waals surface area contributed by atoms with E-state index in [1.807, 2.05) is 31.2 Å². The van der Waals surface area contributed by atoms with Crippen LogP contribution >= 0.6 is 0 Å². The lowest BCUT2D eigenvalue weighted by Gasteiger charge is -2.11. The molecule has 1 atom stereocenters. The van der Waals surface area contributed by atoms with E-state index in [9.17, 15) is 5.11 Å². The Hall–Kier alpha value is -1.06. The molecule has 0 saturated carbocycles. The van der Waals surface area contributed by atoms with Crippen LogP contribution in [0.3, 0.4) is 0 Å². The molecule has 3 nitrogen and oxygen atoms in total. The predicted molar refractivity (Wildman–Crippen MR) is 56.2 cm³/mol. The molecule has 1 rings (SSSR count). The molecule has 3 heteroatoms. The number of hydrogen-bond donors (Lipinski definition) is 2. The molecule has 14 heavy (non-hydrogen) atoms. The largest absolute Gasteiger partial charge is 0.494 e. The van der Waals surface area contributed by atoms with Crippen molar-refractivity contribution in [1.29, 1.82) is 0 Å². The van der Waals surface area contributed by atoms with Crippen molar-refractivity contribution in [2.75, 3.05) is 13.2 Å². The molecule has 0 heterocycles. The van der Waals surface area contributed by atoms with Gasteiger partial charge in [-0.3, -0.25) is 0 Å². The van der Waals surface area contributed by atoms with E-state index >= 15 is 0 Å². The number of rotatable bonds is 5. The molecule has 0 unspecified atom stereocenters. The van der Waals surface area contributed by atoms with Crippen LogP contribution in [0.15, 0.2) is 24.3 Å². The van der Waals surface area contributed by atoms with Crippen LogP contribution in [0.4, 0.5) is 0 Å². The summed E-state index contributed by atoms with van der Waals surface area (Å²) in [4.78, 5) is 0. The Balaban J connectivity index is 2.71. The summed E-state index contributed by atoms with van der Waals surface area (Å²) >= 11 is 0. The van der Waals surface area contributed by atoms with Crippen molar-refractivity contribution in [3.05, 3.63) is 29.8 Å². The minimum atomic E-state index is -0.486. The van der Waals surface area contributed by atoms with E-state index in [4.69, 9.17) is 10.5 Å². The fourth-order valence-corrected chi connectivity index (χ4v) is 1.30. The van der Waals surface area contributed by atoms with Crippen LogP contribution in [0.2, 0.25) is 0 Å². The van der Waals surface area contributed by atoms with Crippen LogP contribution in [0, 0.1) is 0 Å². The normalized spacial score (nSPS) is 12.5. The van der Waals surface area contributed by atoms with E-state index in [1.54, 1.807) is 0 Å². The quantitative estimate of drug-likeness (QED) is 0.748. The summed E-state index contributed by atoms with van der Waals surface area (Å²) in [5.74, 6) is 0.793. The van der Waals surface area contributed by atoms with Crippen molar-refractivity contribution in [1.82, 2.24) is 0 Å². The fraction of sp³-hybridized carbons (Fsp3) is 0.455. The van der Waals surface area contributed by atoms with Crippen molar-refractivity contribution < 1.29 is 9.84 Å². The molecule has 0 spiro atoms. The summed E-state index contributed by atoms with van der Waals surface area (Å²) in [5, 5.41) is 9.68. The molecule has 0 aliphatic rings. The Labute approximate surface area is 84.5 Å². The van der Waals surface area contributed by atoms with Crippen LogP contribution in [-0.2, 0) is 0 Å². The Morgan fingerprint density at radius 1 is 1.50 bits per heavy atom. The number of aliphatic hydroxyl groups excluding tert-OH is 1. The second-order valence-corrected chi connectivity index (χ2v) is 3.10. The number of nitrogens with two attached hydrogens (primary N) is 1. The Kier molecular flexibility index (Phi) is 4.43. The third-order valence-electron chi connectivity index (χ3n) is 1.99. The number of hydrogen-bond acceptors (Lipinski definition) is 3. The standard InChI is InChI=1S/C11H17NO2/c1-2-14-10-5-3-4-9(8-10)11(13)6-7-12/h3-5,8,11,13H,2,6-7,12H2,1H3/t11-/m0/s1. The van der Waals surface area contributed by atoms with Crippen molar-refractivity contribution in [2.45, 2.75) is 19.4 Å².